The number of ketones is 1. The molecule has 2 N–H and O–H groups in total. The average molecular weight is 628 g/mol. The molecule has 1 fully saturated rings. The number of amides is 3. The molecule has 3 aromatic rings. The number of aliphatic imine (C=N–C) groups is 1. The molecule has 2 aliphatic rings. The Hall–Kier alpha value is -4.32. The SMILES string of the molecule is CC(=O)c1cn(CC(=O)N2C[C@H](F)C[C@H]2C(=O)NCc2cccc(Cl)c2F)c2cc(OC(=O)NCCC3=NCCC3)ccc12. The predicted molar refractivity (Wildman–Crippen MR) is 160 cm³/mol. The normalized spacial score (nSPS) is 17.9. The molecule has 3 amide bonds. The van der Waals surface area contributed by atoms with Crippen LogP contribution >= 0.6 is 11.6 Å². The smallest absolute Gasteiger partial charge is 0.410 e. The molecule has 0 unspecified atom stereocenters. The van der Waals surface area contributed by atoms with Gasteiger partial charge in [-0.3, -0.25) is 19.4 Å². The van der Waals surface area contributed by atoms with E-state index >= 15 is 0 Å². The average Bonchev–Trinajstić information content (AvgIpc) is 3.73. The van der Waals surface area contributed by atoms with Gasteiger partial charge in [0.2, 0.25) is 11.8 Å². The number of aromatic nitrogens is 1. The zero-order chi connectivity index (χ0) is 31.4. The van der Waals surface area contributed by atoms with Crippen molar-refractivity contribution in [1.82, 2.24) is 20.1 Å². The van der Waals surface area contributed by atoms with Gasteiger partial charge in [-0.15, -0.1) is 0 Å². The minimum atomic E-state index is -1.42. The van der Waals surface area contributed by atoms with Crippen molar-refractivity contribution in [2.45, 2.75) is 57.9 Å². The van der Waals surface area contributed by atoms with Crippen LogP contribution in [0.1, 0.15) is 48.5 Å². The van der Waals surface area contributed by atoms with Gasteiger partial charge in [0, 0.05) is 67.0 Å². The Bertz CT molecular complexity index is 1640. The van der Waals surface area contributed by atoms with E-state index < -0.39 is 35.9 Å². The highest BCUT2D eigenvalue weighted by Crippen LogP contribution is 2.28. The number of alkyl halides is 1. The lowest BCUT2D eigenvalue weighted by molar-refractivity contribution is -0.139. The van der Waals surface area contributed by atoms with E-state index in [1.54, 1.807) is 24.3 Å². The van der Waals surface area contributed by atoms with Crippen molar-refractivity contribution in [2.75, 3.05) is 19.6 Å². The molecule has 2 aliphatic heterocycles. The number of ether oxygens (including phenoxy) is 1. The molecule has 0 radical (unpaired) electrons. The summed E-state index contributed by atoms with van der Waals surface area (Å²) < 4.78 is 35.7. The van der Waals surface area contributed by atoms with Crippen molar-refractivity contribution in [3.63, 3.8) is 0 Å². The van der Waals surface area contributed by atoms with Gasteiger partial charge in [-0.25, -0.2) is 13.6 Å². The first-order chi connectivity index (χ1) is 21.1. The summed E-state index contributed by atoms with van der Waals surface area (Å²) in [5.74, 6) is -1.88. The highest BCUT2D eigenvalue weighted by atomic mass is 35.5. The first kappa shape index (κ1) is 31.1. The number of carbonyl (C=O) groups excluding carboxylic acids is 4. The Labute approximate surface area is 257 Å². The molecule has 10 nitrogen and oxygen atoms in total. The van der Waals surface area contributed by atoms with Gasteiger partial charge < -0.3 is 24.8 Å². The molecule has 2 atom stereocenters. The van der Waals surface area contributed by atoms with E-state index in [2.05, 4.69) is 15.6 Å². The second-order valence-electron chi connectivity index (χ2n) is 10.8. The van der Waals surface area contributed by atoms with Crippen LogP contribution in [0.4, 0.5) is 13.6 Å². The maximum Gasteiger partial charge on any atom is 0.412 e. The number of hydrogen-bond acceptors (Lipinski definition) is 6. The Morgan fingerprint density at radius 1 is 1.16 bits per heavy atom. The number of fused-ring (bicyclic) bond motifs is 1. The molecule has 44 heavy (non-hydrogen) atoms. The van der Waals surface area contributed by atoms with Crippen molar-refractivity contribution in [3.8, 4) is 5.75 Å². The van der Waals surface area contributed by atoms with Gasteiger partial charge in [-0.1, -0.05) is 23.7 Å². The molecule has 0 spiro atoms. The minimum Gasteiger partial charge on any atom is -0.410 e. The quantitative estimate of drug-likeness (QED) is 0.318. The maximum atomic E-state index is 14.5. The van der Waals surface area contributed by atoms with Crippen molar-refractivity contribution in [2.24, 2.45) is 4.99 Å². The summed E-state index contributed by atoms with van der Waals surface area (Å²) in [5, 5.41) is 5.72. The van der Waals surface area contributed by atoms with Crippen LogP contribution in [0.25, 0.3) is 10.9 Å². The van der Waals surface area contributed by atoms with Crippen LogP contribution in [-0.2, 0) is 22.7 Å². The zero-order valence-electron chi connectivity index (χ0n) is 24.1. The minimum absolute atomic E-state index is 0.0916. The molecule has 0 saturated carbocycles. The molecule has 2 aromatic carbocycles. The van der Waals surface area contributed by atoms with E-state index in [-0.39, 0.29) is 48.2 Å². The summed E-state index contributed by atoms with van der Waals surface area (Å²) >= 11 is 5.81. The molecule has 232 valence electrons. The van der Waals surface area contributed by atoms with Gasteiger partial charge in [-0.05, 0) is 38.0 Å². The highest BCUT2D eigenvalue weighted by Gasteiger charge is 2.39. The van der Waals surface area contributed by atoms with E-state index in [9.17, 15) is 28.0 Å². The van der Waals surface area contributed by atoms with E-state index in [1.807, 2.05) is 0 Å². The molecule has 0 aliphatic carbocycles. The number of nitrogens with zero attached hydrogens (tertiary/aromatic N) is 3. The number of benzene rings is 2. The van der Waals surface area contributed by atoms with E-state index in [0.29, 0.717) is 29.4 Å². The number of Topliss-reactive ketones (excluding diaryl/α,β-unsaturated/α-hetero) is 1. The number of halogens is 3. The van der Waals surface area contributed by atoms with Crippen LogP contribution in [0.3, 0.4) is 0 Å². The summed E-state index contributed by atoms with van der Waals surface area (Å²) in [6.07, 6.45) is 1.83. The van der Waals surface area contributed by atoms with Crippen LogP contribution in [0.5, 0.6) is 5.75 Å². The van der Waals surface area contributed by atoms with Gasteiger partial charge in [0.05, 0.1) is 17.1 Å². The molecule has 3 heterocycles. The molecular weight excluding hydrogens is 596 g/mol. The second kappa shape index (κ2) is 13.5. The lowest BCUT2D eigenvalue weighted by Crippen LogP contribution is -2.46. The van der Waals surface area contributed by atoms with Crippen LogP contribution in [0.15, 0.2) is 47.6 Å². The van der Waals surface area contributed by atoms with Crippen LogP contribution < -0.4 is 15.4 Å². The topological polar surface area (TPSA) is 122 Å². The van der Waals surface area contributed by atoms with Crippen molar-refractivity contribution in [3.05, 3.63) is 64.6 Å². The van der Waals surface area contributed by atoms with Crippen molar-refractivity contribution < 1.29 is 32.7 Å². The summed E-state index contributed by atoms with van der Waals surface area (Å²) in [5.41, 5.74) is 2.02. The number of rotatable bonds is 10. The standard InChI is InChI=1S/C31H32ClF2N5O5/c1-18(40)24-16-38(26-13-22(7-8-23(24)26)44-31(43)36-11-9-21-5-3-10-35-21)17-28(41)39-15-20(33)12-27(39)30(42)37-14-19-4-2-6-25(32)29(19)34/h2,4,6-8,13,16,20,27H,3,5,9-12,14-15,17H2,1H3,(H,36,43)(H,37,42)/t20-,27+/m1/s1. The zero-order valence-corrected chi connectivity index (χ0v) is 24.8. The van der Waals surface area contributed by atoms with Gasteiger partial charge in [0.25, 0.3) is 0 Å². The molecule has 1 aromatic heterocycles. The summed E-state index contributed by atoms with van der Waals surface area (Å²) in [6, 6.07) is 8.01. The van der Waals surface area contributed by atoms with E-state index in [1.165, 1.54) is 29.8 Å². The lowest BCUT2D eigenvalue weighted by Gasteiger charge is -2.24. The van der Waals surface area contributed by atoms with Gasteiger partial charge >= 0.3 is 6.09 Å². The van der Waals surface area contributed by atoms with E-state index in [4.69, 9.17) is 16.3 Å². The fraction of sp³-hybridized carbons (Fsp3) is 0.387. The Morgan fingerprint density at radius 3 is 2.73 bits per heavy atom. The third kappa shape index (κ3) is 7.07. The first-order valence-corrected chi connectivity index (χ1v) is 14.7. The van der Waals surface area contributed by atoms with Crippen LogP contribution in [-0.4, -0.2) is 70.7 Å². The van der Waals surface area contributed by atoms with Crippen molar-refractivity contribution >= 4 is 51.9 Å². The molecule has 13 heteroatoms. The Balaban J connectivity index is 1.28. The first-order valence-electron chi connectivity index (χ1n) is 14.4. The summed E-state index contributed by atoms with van der Waals surface area (Å²) in [7, 11) is 0. The Kier molecular flexibility index (Phi) is 9.58. The molecule has 0 bridgehead atoms. The fourth-order valence-corrected chi connectivity index (χ4v) is 5.73. The molecular formula is C31H32ClF2N5O5. The third-order valence-corrected chi connectivity index (χ3v) is 8.04. The largest absolute Gasteiger partial charge is 0.412 e. The van der Waals surface area contributed by atoms with E-state index in [0.717, 1.165) is 30.0 Å². The third-order valence-electron chi connectivity index (χ3n) is 7.75. The van der Waals surface area contributed by atoms with Gasteiger partial charge in [0.15, 0.2) is 5.78 Å². The molecule has 1 saturated heterocycles. The highest BCUT2D eigenvalue weighted by molar-refractivity contribution is 6.30. The van der Waals surface area contributed by atoms with Crippen molar-refractivity contribution in [1.29, 1.82) is 0 Å². The lowest BCUT2D eigenvalue weighted by atomic mass is 10.1. The number of likely N-dealkylation sites (tertiary alicyclic amines) is 1. The van der Waals surface area contributed by atoms with Gasteiger partial charge in [-0.2, -0.15) is 0 Å². The maximum absolute atomic E-state index is 14.5. The Morgan fingerprint density at radius 2 is 1.98 bits per heavy atom. The number of carbonyl (C=O) groups is 4. The summed E-state index contributed by atoms with van der Waals surface area (Å²) in [6.45, 7) is 1.81. The van der Waals surface area contributed by atoms with Crippen LogP contribution in [0.2, 0.25) is 5.02 Å². The van der Waals surface area contributed by atoms with Crippen LogP contribution in [0, 0.1) is 5.82 Å². The van der Waals surface area contributed by atoms with Gasteiger partial charge in [0.1, 0.15) is 30.3 Å². The number of hydrogen-bond donors (Lipinski definition) is 2. The summed E-state index contributed by atoms with van der Waals surface area (Å²) in [4.78, 5) is 56.7. The molecule has 5 rings (SSSR count). The number of nitrogens with one attached hydrogen (secondary N) is 2. The monoisotopic (exact) mass is 627 g/mol. The predicted octanol–water partition coefficient (Wildman–Crippen LogP) is 4.61. The second-order valence-corrected chi connectivity index (χ2v) is 11.3. The fourth-order valence-electron chi connectivity index (χ4n) is 5.53.